The molecule has 1 aromatic rings. The Morgan fingerprint density at radius 1 is 0.838 bits per heavy atom. The average molecular weight is 1040 g/mol. The van der Waals surface area contributed by atoms with Gasteiger partial charge >= 0.3 is 11.9 Å². The minimum Gasteiger partial charge on any atom is -0.480 e. The first-order valence-corrected chi connectivity index (χ1v) is 24.5. The van der Waals surface area contributed by atoms with Crippen molar-refractivity contribution in [2.75, 3.05) is 20.7 Å². The Morgan fingerprint density at radius 3 is 2.09 bits per heavy atom. The highest BCUT2D eigenvalue weighted by atomic mass is 16.5. The van der Waals surface area contributed by atoms with E-state index in [2.05, 4.69) is 43.5 Å². The second-order valence-corrected chi connectivity index (χ2v) is 18.7. The molecular formula is C51H74N10O13. The molecule has 0 bridgehead atoms. The Bertz CT molecular complexity index is 2300. The number of carbonyl (C=O) groups is 9. The number of carboxylic acid groups (broad SMARTS) is 2. The van der Waals surface area contributed by atoms with Crippen molar-refractivity contribution >= 4 is 59.2 Å². The SMILES string of the molecule is C=C1C(=O)N[C@H](C)C(=O)N[C@@H](C[C@H]2C=C[C@H](O)CC2)C(=O)N[C@@H](C(=O)O)[C@H](C)C(=O)N[C@@H](CCCN=C(N)N)C(=O)NC(/C=C/C(C)=C/C[C@H](Cc2ccccc2)OC)[C@H](C)C(=O)NC(C(=O)O)CCC(=O)N1C. The third kappa shape index (κ3) is 19.9. The summed E-state index contributed by atoms with van der Waals surface area (Å²) in [6.45, 7) is 9.36. The summed E-state index contributed by atoms with van der Waals surface area (Å²) in [5.41, 5.74) is 12.4. The van der Waals surface area contributed by atoms with Crippen molar-refractivity contribution in [3.63, 3.8) is 0 Å². The number of carbonyl (C=O) groups excluding carboxylic acids is 7. The maximum absolute atomic E-state index is 14.4. The van der Waals surface area contributed by atoms with E-state index in [-0.39, 0.29) is 43.8 Å². The minimum absolute atomic E-state index is 0.0117. The number of benzene rings is 1. The highest BCUT2D eigenvalue weighted by molar-refractivity contribution is 6.00. The number of aliphatic hydroxyl groups is 1. The zero-order valence-corrected chi connectivity index (χ0v) is 42.9. The number of nitrogens with two attached hydrogens (primary N) is 2. The summed E-state index contributed by atoms with van der Waals surface area (Å²) in [7, 11) is 2.80. The maximum atomic E-state index is 14.4. The third-order valence-electron chi connectivity index (χ3n) is 12.9. The molecule has 23 nitrogen and oxygen atoms in total. The van der Waals surface area contributed by atoms with E-state index in [9.17, 15) is 58.5 Å². The molecule has 0 radical (unpaired) electrons. The lowest BCUT2D eigenvalue weighted by Gasteiger charge is -2.29. The van der Waals surface area contributed by atoms with Crippen molar-refractivity contribution in [2.45, 2.75) is 134 Å². The Hall–Kier alpha value is -7.40. The first-order chi connectivity index (χ1) is 34.9. The molecule has 1 aliphatic heterocycles. The van der Waals surface area contributed by atoms with Gasteiger partial charge in [-0.25, -0.2) is 9.59 Å². The Morgan fingerprint density at radius 2 is 1.49 bits per heavy atom. The predicted octanol–water partition coefficient (Wildman–Crippen LogP) is 0.0435. The van der Waals surface area contributed by atoms with Crippen LogP contribution in [0.5, 0.6) is 0 Å². The van der Waals surface area contributed by atoms with Gasteiger partial charge < -0.3 is 68.3 Å². The summed E-state index contributed by atoms with van der Waals surface area (Å²) in [6, 6.07) is 0.726. The van der Waals surface area contributed by atoms with Crippen LogP contribution in [0.2, 0.25) is 0 Å². The van der Waals surface area contributed by atoms with Crippen LogP contribution in [-0.4, -0.2) is 149 Å². The zero-order valence-electron chi connectivity index (χ0n) is 42.9. The largest absolute Gasteiger partial charge is 0.480 e. The number of guanidine groups is 1. The Kier molecular flexibility index (Phi) is 24.7. The number of aliphatic carboxylic acids is 2. The van der Waals surface area contributed by atoms with E-state index in [1.165, 1.54) is 40.0 Å². The van der Waals surface area contributed by atoms with Crippen LogP contribution in [-0.2, 0) is 54.3 Å². The van der Waals surface area contributed by atoms with Crippen molar-refractivity contribution in [3.05, 3.63) is 84.1 Å². The number of rotatable bonds is 15. The summed E-state index contributed by atoms with van der Waals surface area (Å²) in [4.78, 5) is 127. The zero-order chi connectivity index (χ0) is 55.2. The van der Waals surface area contributed by atoms with E-state index in [4.69, 9.17) is 16.2 Å². The molecule has 11 atom stereocenters. The summed E-state index contributed by atoms with van der Waals surface area (Å²) in [5.74, 6) is -12.9. The van der Waals surface area contributed by atoms with Crippen LogP contribution in [0.4, 0.5) is 0 Å². The number of methoxy groups -OCH3 is 1. The average Bonchev–Trinajstić information content (AvgIpc) is 3.36. The molecule has 7 amide bonds. The van der Waals surface area contributed by atoms with Crippen LogP contribution in [0.15, 0.2) is 83.6 Å². The first kappa shape index (κ1) is 60.9. The van der Waals surface area contributed by atoms with E-state index in [1.807, 2.05) is 36.4 Å². The van der Waals surface area contributed by atoms with Crippen molar-refractivity contribution in [2.24, 2.45) is 34.2 Å². The van der Waals surface area contributed by atoms with Crippen molar-refractivity contribution < 1.29 is 63.2 Å². The van der Waals surface area contributed by atoms with E-state index >= 15 is 0 Å². The van der Waals surface area contributed by atoms with Gasteiger partial charge in [-0.05, 0) is 76.7 Å². The number of amides is 7. The monoisotopic (exact) mass is 1030 g/mol. The highest BCUT2D eigenvalue weighted by Crippen LogP contribution is 2.23. The lowest BCUT2D eigenvalue weighted by atomic mass is 9.88. The van der Waals surface area contributed by atoms with Gasteiger partial charge in [-0.1, -0.05) is 86.7 Å². The van der Waals surface area contributed by atoms with E-state index in [0.717, 1.165) is 10.5 Å². The Labute approximate surface area is 431 Å². The van der Waals surface area contributed by atoms with Crippen molar-refractivity contribution in [3.8, 4) is 0 Å². The Balaban J connectivity index is 2.11. The molecule has 0 aromatic heterocycles. The molecule has 1 aromatic carbocycles. The van der Waals surface area contributed by atoms with Crippen molar-refractivity contribution in [1.82, 2.24) is 36.8 Å². The molecule has 406 valence electrons. The van der Waals surface area contributed by atoms with E-state index in [0.29, 0.717) is 31.3 Å². The normalized spacial score (nSPS) is 27.3. The number of aliphatic hydroxyl groups excluding tert-OH is 1. The van der Waals surface area contributed by atoms with Gasteiger partial charge in [0.1, 0.15) is 35.9 Å². The number of likely N-dealkylation sites (N-methyl/N-ethyl adjacent to an activating group) is 1. The van der Waals surface area contributed by atoms with Crippen LogP contribution in [0, 0.1) is 17.8 Å². The molecule has 1 saturated heterocycles. The number of aliphatic imine (C=N–C) groups is 1. The number of carboxylic acids is 2. The molecule has 0 saturated carbocycles. The molecule has 74 heavy (non-hydrogen) atoms. The van der Waals surface area contributed by atoms with Gasteiger partial charge in [-0.2, -0.15) is 0 Å². The third-order valence-corrected chi connectivity index (χ3v) is 12.9. The van der Waals surface area contributed by atoms with Crippen LogP contribution in [0.1, 0.15) is 84.6 Å². The fourth-order valence-corrected chi connectivity index (χ4v) is 7.96. The lowest BCUT2D eigenvalue weighted by molar-refractivity contribution is -0.146. The van der Waals surface area contributed by atoms with E-state index < -0.39 is 126 Å². The van der Waals surface area contributed by atoms with E-state index in [1.54, 1.807) is 26.2 Å². The first-order valence-electron chi connectivity index (χ1n) is 24.5. The smallest absolute Gasteiger partial charge is 0.327 e. The van der Waals surface area contributed by atoms with Crippen LogP contribution in [0.3, 0.4) is 0 Å². The number of nitrogens with zero attached hydrogens (tertiary/aromatic N) is 2. The minimum atomic E-state index is -1.93. The molecule has 1 fully saturated rings. The second-order valence-electron chi connectivity index (χ2n) is 18.7. The molecule has 1 heterocycles. The second kappa shape index (κ2) is 30.0. The van der Waals surface area contributed by atoms with Gasteiger partial charge in [0.2, 0.25) is 35.4 Å². The number of hydrogen-bond acceptors (Lipinski definition) is 12. The van der Waals surface area contributed by atoms with Crippen LogP contribution >= 0.6 is 0 Å². The van der Waals surface area contributed by atoms with Crippen molar-refractivity contribution in [1.29, 1.82) is 0 Å². The van der Waals surface area contributed by atoms with Gasteiger partial charge in [0.05, 0.1) is 30.1 Å². The van der Waals surface area contributed by atoms with Gasteiger partial charge in [0.25, 0.3) is 5.91 Å². The standard InChI is InChI=1S/C51H74N10O13/c1-28(15-21-36(74-7)26-33-12-9-8-10-13-33)16-22-37-29(2)43(64)58-39(49(70)71)23-24-41(63)61(6)32(5)46(67)55-31(4)45(66)59-40(27-34-17-19-35(62)20-18-34)48(69)60-42(50(72)73)30(3)44(65)57-38(47(68)56-37)14-11-25-54-51(52)53/h8-10,12-13,15-17,19,22,29-31,34-40,42,62H,5,11,14,18,20-21,23-27H2,1-4,6-7H3,(H,55,67)(H,56,68)(H,57,65)(H,58,64)(H,59,66)(H,60,69)(H,70,71)(H,72,73)(H4,52,53,54)/b22-16+,28-15+/t29-,30-,31+,34-,35-,36+,37?,38-,39?,40-,42+/m0/s1. The topological polar surface area (TPSA) is 363 Å². The molecule has 23 heteroatoms. The molecule has 0 spiro atoms. The molecular weight excluding hydrogens is 961 g/mol. The van der Waals surface area contributed by atoms with Gasteiger partial charge in [-0.3, -0.25) is 38.6 Å². The molecule has 1 aliphatic carbocycles. The fourth-order valence-electron chi connectivity index (χ4n) is 7.96. The summed E-state index contributed by atoms with van der Waals surface area (Å²) in [5, 5.41) is 45.7. The molecule has 2 aliphatic rings. The highest BCUT2D eigenvalue weighted by Gasteiger charge is 2.38. The van der Waals surface area contributed by atoms with Gasteiger partial charge in [0.15, 0.2) is 5.96 Å². The fraction of sp³-hybridized carbons (Fsp3) is 0.529. The number of nitrogens with one attached hydrogen (secondary N) is 6. The number of allylic oxidation sites excluding steroid dienone is 3. The number of hydrogen-bond donors (Lipinski definition) is 11. The maximum Gasteiger partial charge on any atom is 0.327 e. The van der Waals surface area contributed by atoms with Crippen LogP contribution in [0.25, 0.3) is 0 Å². The number of ether oxygens (including phenoxy) is 1. The molecule has 2 unspecified atom stereocenters. The quantitative estimate of drug-likeness (QED) is 0.0276. The van der Waals surface area contributed by atoms with Gasteiger partial charge in [-0.15, -0.1) is 0 Å². The lowest BCUT2D eigenvalue weighted by Crippen LogP contribution is -2.59. The molecule has 13 N–H and O–H groups in total. The predicted molar refractivity (Wildman–Crippen MR) is 273 cm³/mol. The summed E-state index contributed by atoms with van der Waals surface area (Å²) >= 11 is 0. The summed E-state index contributed by atoms with van der Waals surface area (Å²) < 4.78 is 5.71. The van der Waals surface area contributed by atoms with Gasteiger partial charge in [0, 0.05) is 27.1 Å². The summed E-state index contributed by atoms with van der Waals surface area (Å²) in [6.07, 6.45) is 8.10. The molecule has 3 rings (SSSR count). The van der Waals surface area contributed by atoms with Crippen LogP contribution < -0.4 is 43.4 Å².